The van der Waals surface area contributed by atoms with Crippen molar-refractivity contribution >= 4 is 29.3 Å². The maximum absolute atomic E-state index is 12.1. The molecule has 1 amide bonds. The number of carbonyl (C=O) groups excluding carboxylic acids is 2. The van der Waals surface area contributed by atoms with E-state index >= 15 is 0 Å². The highest BCUT2D eigenvalue weighted by molar-refractivity contribution is 7.10. The second kappa shape index (κ2) is 7.24. The molecule has 108 valence electrons. The molecule has 1 fully saturated rings. The van der Waals surface area contributed by atoms with E-state index in [1.54, 1.807) is 29.2 Å². The van der Waals surface area contributed by atoms with E-state index in [9.17, 15) is 9.59 Å². The summed E-state index contributed by atoms with van der Waals surface area (Å²) in [6.07, 6.45) is 5.06. The molecule has 0 aromatic carbocycles. The number of amides is 1. The van der Waals surface area contributed by atoms with Crippen LogP contribution in [0.5, 0.6) is 0 Å². The highest BCUT2D eigenvalue weighted by Gasteiger charge is 2.28. The monoisotopic (exact) mass is 293 g/mol. The summed E-state index contributed by atoms with van der Waals surface area (Å²) < 4.78 is 5.04. The number of ether oxygens (including phenoxy) is 1. The second-order valence-electron chi connectivity index (χ2n) is 4.72. The van der Waals surface area contributed by atoms with Crippen molar-refractivity contribution in [1.82, 2.24) is 4.90 Å². The fraction of sp³-hybridized carbons (Fsp3) is 0.467. The van der Waals surface area contributed by atoms with Crippen molar-refractivity contribution < 1.29 is 14.3 Å². The molecule has 4 nitrogen and oxygen atoms in total. The number of rotatable bonds is 4. The van der Waals surface area contributed by atoms with Crippen molar-refractivity contribution in [2.24, 2.45) is 5.92 Å². The quantitative estimate of drug-likeness (QED) is 0.633. The first-order valence-corrected chi connectivity index (χ1v) is 7.75. The zero-order chi connectivity index (χ0) is 14.4. The van der Waals surface area contributed by atoms with Crippen molar-refractivity contribution in [1.29, 1.82) is 0 Å². The van der Waals surface area contributed by atoms with Gasteiger partial charge in [0.15, 0.2) is 0 Å². The Morgan fingerprint density at radius 2 is 2.40 bits per heavy atom. The molecule has 1 aliphatic rings. The van der Waals surface area contributed by atoms with Gasteiger partial charge in [-0.1, -0.05) is 6.07 Å². The largest absolute Gasteiger partial charge is 0.466 e. The molecule has 2 rings (SSSR count). The molecule has 1 aliphatic heterocycles. The Labute approximate surface area is 123 Å². The molecule has 0 radical (unpaired) electrons. The zero-order valence-electron chi connectivity index (χ0n) is 11.6. The average Bonchev–Trinajstić information content (AvgIpc) is 2.98. The van der Waals surface area contributed by atoms with E-state index in [-0.39, 0.29) is 17.8 Å². The second-order valence-corrected chi connectivity index (χ2v) is 5.70. The first kappa shape index (κ1) is 14.8. The first-order chi connectivity index (χ1) is 9.70. The zero-order valence-corrected chi connectivity index (χ0v) is 12.4. The highest BCUT2D eigenvalue weighted by Crippen LogP contribution is 2.19. The van der Waals surface area contributed by atoms with Crippen molar-refractivity contribution in [3.05, 3.63) is 28.5 Å². The van der Waals surface area contributed by atoms with E-state index in [0.29, 0.717) is 19.7 Å². The van der Waals surface area contributed by atoms with Gasteiger partial charge in [-0.05, 0) is 37.3 Å². The van der Waals surface area contributed by atoms with Crippen LogP contribution in [0.25, 0.3) is 6.08 Å². The number of hydrogen-bond acceptors (Lipinski definition) is 4. The Morgan fingerprint density at radius 3 is 3.10 bits per heavy atom. The highest BCUT2D eigenvalue weighted by atomic mass is 32.1. The van der Waals surface area contributed by atoms with Gasteiger partial charge < -0.3 is 9.64 Å². The summed E-state index contributed by atoms with van der Waals surface area (Å²) in [6.45, 7) is 3.37. The lowest BCUT2D eigenvalue weighted by Gasteiger charge is -2.30. The molecule has 1 aromatic rings. The molecule has 0 unspecified atom stereocenters. The molecule has 20 heavy (non-hydrogen) atoms. The Hall–Kier alpha value is -1.62. The molecule has 1 aromatic heterocycles. The van der Waals surface area contributed by atoms with E-state index in [2.05, 4.69) is 0 Å². The van der Waals surface area contributed by atoms with Gasteiger partial charge in [0.1, 0.15) is 0 Å². The van der Waals surface area contributed by atoms with E-state index in [1.165, 1.54) is 0 Å². The van der Waals surface area contributed by atoms with Gasteiger partial charge in [0.2, 0.25) is 5.91 Å². The fourth-order valence-corrected chi connectivity index (χ4v) is 2.89. The smallest absolute Gasteiger partial charge is 0.310 e. The van der Waals surface area contributed by atoms with Crippen LogP contribution in [-0.2, 0) is 14.3 Å². The molecule has 1 atom stereocenters. The predicted octanol–water partition coefficient (Wildman–Crippen LogP) is 2.56. The van der Waals surface area contributed by atoms with Gasteiger partial charge in [-0.15, -0.1) is 11.3 Å². The number of hydrogen-bond donors (Lipinski definition) is 0. The van der Waals surface area contributed by atoms with Gasteiger partial charge in [0, 0.05) is 24.0 Å². The molecule has 0 aliphatic carbocycles. The Bertz CT molecular complexity index is 481. The van der Waals surface area contributed by atoms with Crippen LogP contribution >= 0.6 is 11.3 Å². The van der Waals surface area contributed by atoms with Gasteiger partial charge in [-0.3, -0.25) is 9.59 Å². The molecule has 2 heterocycles. The first-order valence-electron chi connectivity index (χ1n) is 6.88. The third-order valence-electron chi connectivity index (χ3n) is 3.29. The summed E-state index contributed by atoms with van der Waals surface area (Å²) in [4.78, 5) is 26.6. The third kappa shape index (κ3) is 3.93. The lowest BCUT2D eigenvalue weighted by molar-refractivity contribution is -0.150. The number of likely N-dealkylation sites (tertiary alicyclic amines) is 1. The van der Waals surface area contributed by atoms with Crippen molar-refractivity contribution in [3.8, 4) is 0 Å². The molecular formula is C15H19NO3S. The third-order valence-corrected chi connectivity index (χ3v) is 4.12. The van der Waals surface area contributed by atoms with Crippen LogP contribution in [0, 0.1) is 5.92 Å². The summed E-state index contributed by atoms with van der Waals surface area (Å²) in [6, 6.07) is 3.92. The lowest BCUT2D eigenvalue weighted by Crippen LogP contribution is -2.42. The predicted molar refractivity (Wildman–Crippen MR) is 79.3 cm³/mol. The van der Waals surface area contributed by atoms with E-state index < -0.39 is 0 Å². The topological polar surface area (TPSA) is 46.6 Å². The van der Waals surface area contributed by atoms with E-state index in [1.807, 2.05) is 23.6 Å². The molecule has 0 saturated carbocycles. The van der Waals surface area contributed by atoms with Gasteiger partial charge in [-0.25, -0.2) is 0 Å². The summed E-state index contributed by atoms with van der Waals surface area (Å²) in [5, 5.41) is 1.97. The van der Waals surface area contributed by atoms with Crippen LogP contribution < -0.4 is 0 Å². The Morgan fingerprint density at radius 1 is 1.55 bits per heavy atom. The van der Waals surface area contributed by atoms with Crippen LogP contribution in [0.1, 0.15) is 24.6 Å². The van der Waals surface area contributed by atoms with Crippen LogP contribution in [0.3, 0.4) is 0 Å². The summed E-state index contributed by atoms with van der Waals surface area (Å²) in [5.41, 5.74) is 0. The van der Waals surface area contributed by atoms with E-state index in [4.69, 9.17) is 4.74 Å². The van der Waals surface area contributed by atoms with Crippen molar-refractivity contribution in [2.45, 2.75) is 19.8 Å². The summed E-state index contributed by atoms with van der Waals surface area (Å²) >= 11 is 1.59. The number of carbonyl (C=O) groups is 2. The van der Waals surface area contributed by atoms with Crippen LogP contribution in [0.4, 0.5) is 0 Å². The number of thiophene rings is 1. The molecule has 0 bridgehead atoms. The molecule has 0 spiro atoms. The summed E-state index contributed by atoms with van der Waals surface area (Å²) in [5.74, 6) is -0.401. The molecular weight excluding hydrogens is 274 g/mol. The number of esters is 1. The fourth-order valence-electron chi connectivity index (χ4n) is 2.27. The standard InChI is InChI=1S/C15H19NO3S/c1-2-19-15(18)12-5-3-9-16(11-12)14(17)8-7-13-6-4-10-20-13/h4,6-8,10,12H,2-3,5,9,11H2,1H3/b8-7+/t12-/m1/s1. The maximum atomic E-state index is 12.1. The average molecular weight is 293 g/mol. The number of piperidine rings is 1. The SMILES string of the molecule is CCOC(=O)[C@@H]1CCCN(C(=O)/C=C/c2cccs2)C1. The van der Waals surface area contributed by atoms with Crippen LogP contribution in [0.15, 0.2) is 23.6 Å². The molecule has 5 heteroatoms. The van der Waals surface area contributed by atoms with Crippen LogP contribution in [-0.4, -0.2) is 36.5 Å². The minimum Gasteiger partial charge on any atom is -0.466 e. The van der Waals surface area contributed by atoms with E-state index in [0.717, 1.165) is 17.7 Å². The molecule has 1 saturated heterocycles. The summed E-state index contributed by atoms with van der Waals surface area (Å²) in [7, 11) is 0. The minimum absolute atomic E-state index is 0.0348. The Kier molecular flexibility index (Phi) is 5.35. The number of nitrogens with zero attached hydrogens (tertiary/aromatic N) is 1. The lowest BCUT2D eigenvalue weighted by atomic mass is 9.98. The molecule has 0 N–H and O–H groups in total. The van der Waals surface area contributed by atoms with Gasteiger partial charge >= 0.3 is 5.97 Å². The normalized spacial score (nSPS) is 19.2. The maximum Gasteiger partial charge on any atom is 0.310 e. The minimum atomic E-state index is -0.188. The van der Waals surface area contributed by atoms with Crippen LogP contribution in [0.2, 0.25) is 0 Å². The van der Waals surface area contributed by atoms with Crippen molar-refractivity contribution in [3.63, 3.8) is 0 Å². The van der Waals surface area contributed by atoms with Gasteiger partial charge in [-0.2, -0.15) is 0 Å². The van der Waals surface area contributed by atoms with Gasteiger partial charge in [0.05, 0.1) is 12.5 Å². The van der Waals surface area contributed by atoms with Crippen molar-refractivity contribution in [2.75, 3.05) is 19.7 Å². The van der Waals surface area contributed by atoms with Gasteiger partial charge in [0.25, 0.3) is 0 Å². The Balaban J connectivity index is 1.91.